The summed E-state index contributed by atoms with van der Waals surface area (Å²) in [5.74, 6) is 1.36. The monoisotopic (exact) mass is 395 g/mol. The van der Waals surface area contributed by atoms with E-state index >= 15 is 0 Å². The molecular weight excluding hydrogens is 374 g/mol. The fourth-order valence-corrected chi connectivity index (χ4v) is 3.08. The number of aryl methyl sites for hydroxylation is 2. The average Bonchev–Trinajstić information content (AvgIpc) is 3.07. The molecule has 3 aromatic rings. The summed E-state index contributed by atoms with van der Waals surface area (Å²) in [7, 11) is 0. The van der Waals surface area contributed by atoms with Gasteiger partial charge in [-0.1, -0.05) is 25.5 Å². The Hall–Kier alpha value is -3.62. The van der Waals surface area contributed by atoms with E-state index in [0.29, 0.717) is 35.1 Å². The zero-order valence-corrected chi connectivity index (χ0v) is 16.1. The molecule has 0 saturated heterocycles. The van der Waals surface area contributed by atoms with Gasteiger partial charge in [0.1, 0.15) is 12.4 Å². The molecule has 29 heavy (non-hydrogen) atoms. The zero-order chi connectivity index (χ0) is 20.4. The van der Waals surface area contributed by atoms with Crippen molar-refractivity contribution in [3.63, 3.8) is 0 Å². The molecule has 0 spiro atoms. The third kappa shape index (κ3) is 3.98. The fraction of sp³-hybridized carbons (Fsp3) is 0.300. The smallest absolute Gasteiger partial charge is 0.270 e. The molecule has 0 radical (unpaired) electrons. The molecule has 4 rings (SSSR count). The minimum atomic E-state index is -0.813. The highest BCUT2D eigenvalue weighted by Crippen LogP contribution is 2.31. The maximum absolute atomic E-state index is 12.8. The molecule has 3 heterocycles. The van der Waals surface area contributed by atoms with Crippen molar-refractivity contribution >= 4 is 11.7 Å². The number of hydrogen-bond donors (Lipinski definition) is 2. The Labute approximate surface area is 166 Å². The van der Waals surface area contributed by atoms with Crippen LogP contribution >= 0.6 is 0 Å². The highest BCUT2D eigenvalue weighted by atomic mass is 16.6. The Morgan fingerprint density at radius 3 is 2.90 bits per heavy atom. The summed E-state index contributed by atoms with van der Waals surface area (Å²) in [4.78, 5) is 31.9. The third-order valence-electron chi connectivity index (χ3n) is 4.37. The van der Waals surface area contributed by atoms with E-state index in [1.165, 1.54) is 10.7 Å². The topological polar surface area (TPSA) is 111 Å². The number of fused-ring (bicyclic) bond motifs is 1. The SMILES string of the molecule is CCCc1cc(=O)[nH]c(-n2nc(C)cc2NC(=O)C2COc3ccccc3O2)n1. The summed E-state index contributed by atoms with van der Waals surface area (Å²) in [6, 6.07) is 10.3. The van der Waals surface area contributed by atoms with Gasteiger partial charge < -0.3 is 14.8 Å². The van der Waals surface area contributed by atoms with E-state index in [-0.39, 0.29) is 24.0 Å². The standard InChI is InChI=1S/C20H21N5O4/c1-3-6-13-10-18(26)23-20(21-13)25-17(9-12(2)24-25)22-19(27)16-11-28-14-7-4-5-8-15(14)29-16/h4-5,7-10,16H,3,6,11H2,1-2H3,(H,22,27)(H,21,23,26). The Bertz CT molecular complexity index is 1100. The van der Waals surface area contributed by atoms with Gasteiger partial charge in [0, 0.05) is 17.8 Å². The number of carbonyl (C=O) groups excluding carboxylic acids is 1. The van der Waals surface area contributed by atoms with Crippen molar-refractivity contribution in [1.82, 2.24) is 19.7 Å². The number of carbonyl (C=O) groups is 1. The lowest BCUT2D eigenvalue weighted by atomic mass is 10.2. The molecule has 2 N–H and O–H groups in total. The van der Waals surface area contributed by atoms with Gasteiger partial charge in [-0.15, -0.1) is 0 Å². The van der Waals surface area contributed by atoms with Crippen molar-refractivity contribution in [2.75, 3.05) is 11.9 Å². The first-order valence-corrected chi connectivity index (χ1v) is 9.40. The van der Waals surface area contributed by atoms with Crippen LogP contribution in [0.25, 0.3) is 5.95 Å². The van der Waals surface area contributed by atoms with Gasteiger partial charge >= 0.3 is 0 Å². The zero-order valence-electron chi connectivity index (χ0n) is 16.1. The van der Waals surface area contributed by atoms with Crippen LogP contribution < -0.4 is 20.3 Å². The number of ether oxygens (including phenoxy) is 2. The molecule has 9 heteroatoms. The summed E-state index contributed by atoms with van der Waals surface area (Å²) in [6.45, 7) is 3.89. The van der Waals surface area contributed by atoms with E-state index in [9.17, 15) is 9.59 Å². The second-order valence-corrected chi connectivity index (χ2v) is 6.75. The Kier molecular flexibility index (Phi) is 5.03. The minimum Gasteiger partial charge on any atom is -0.485 e. The number of hydrogen-bond acceptors (Lipinski definition) is 6. The van der Waals surface area contributed by atoms with E-state index in [1.54, 1.807) is 25.1 Å². The second kappa shape index (κ2) is 7.78. The van der Waals surface area contributed by atoms with Crippen molar-refractivity contribution in [2.24, 2.45) is 0 Å². The molecule has 1 aromatic carbocycles. The van der Waals surface area contributed by atoms with Crippen molar-refractivity contribution in [3.05, 3.63) is 58.1 Å². The van der Waals surface area contributed by atoms with Gasteiger partial charge in [0.2, 0.25) is 12.1 Å². The number of anilines is 1. The fourth-order valence-electron chi connectivity index (χ4n) is 3.08. The van der Waals surface area contributed by atoms with Gasteiger partial charge in [0.15, 0.2) is 11.5 Å². The summed E-state index contributed by atoms with van der Waals surface area (Å²) < 4.78 is 12.8. The predicted octanol–water partition coefficient (Wildman–Crippen LogP) is 2.00. The summed E-state index contributed by atoms with van der Waals surface area (Å²) in [5.41, 5.74) is 1.05. The summed E-state index contributed by atoms with van der Waals surface area (Å²) in [6.07, 6.45) is 0.718. The molecule has 2 aromatic heterocycles. The largest absolute Gasteiger partial charge is 0.485 e. The molecule has 1 aliphatic rings. The molecule has 1 unspecified atom stereocenters. The Morgan fingerprint density at radius 1 is 1.31 bits per heavy atom. The second-order valence-electron chi connectivity index (χ2n) is 6.75. The van der Waals surface area contributed by atoms with E-state index in [0.717, 1.165) is 6.42 Å². The number of amides is 1. The first-order valence-electron chi connectivity index (χ1n) is 9.40. The minimum absolute atomic E-state index is 0.0943. The summed E-state index contributed by atoms with van der Waals surface area (Å²) in [5, 5.41) is 7.15. The molecule has 150 valence electrons. The van der Waals surface area contributed by atoms with E-state index in [4.69, 9.17) is 9.47 Å². The molecule has 1 aliphatic heterocycles. The number of aromatic nitrogens is 4. The molecule has 0 bridgehead atoms. The van der Waals surface area contributed by atoms with E-state index in [2.05, 4.69) is 20.4 Å². The Balaban J connectivity index is 1.58. The first kappa shape index (κ1) is 18.7. The predicted molar refractivity (Wildman–Crippen MR) is 106 cm³/mol. The first-order chi connectivity index (χ1) is 14.0. The maximum Gasteiger partial charge on any atom is 0.270 e. The number of rotatable bonds is 5. The van der Waals surface area contributed by atoms with Crippen LogP contribution in [0, 0.1) is 6.92 Å². The number of benzene rings is 1. The van der Waals surface area contributed by atoms with Crippen LogP contribution in [0.15, 0.2) is 41.2 Å². The lowest BCUT2D eigenvalue weighted by Gasteiger charge is -2.25. The number of nitrogens with one attached hydrogen (secondary N) is 2. The van der Waals surface area contributed by atoms with Crippen LogP contribution in [0.4, 0.5) is 5.82 Å². The van der Waals surface area contributed by atoms with Gasteiger partial charge in [0.25, 0.3) is 11.5 Å². The normalized spacial score (nSPS) is 15.2. The third-order valence-corrected chi connectivity index (χ3v) is 4.37. The Morgan fingerprint density at radius 2 is 2.10 bits per heavy atom. The number of para-hydroxylation sites is 2. The molecule has 0 aliphatic carbocycles. The van der Waals surface area contributed by atoms with Gasteiger partial charge in [-0.05, 0) is 25.5 Å². The lowest BCUT2D eigenvalue weighted by Crippen LogP contribution is -2.40. The van der Waals surface area contributed by atoms with Crippen molar-refractivity contribution in [1.29, 1.82) is 0 Å². The van der Waals surface area contributed by atoms with Gasteiger partial charge in [-0.2, -0.15) is 9.78 Å². The molecule has 0 saturated carbocycles. The molecular formula is C20H21N5O4. The number of aromatic amines is 1. The highest BCUT2D eigenvalue weighted by molar-refractivity contribution is 5.94. The molecule has 9 nitrogen and oxygen atoms in total. The molecule has 0 fully saturated rings. The van der Waals surface area contributed by atoms with Crippen molar-refractivity contribution in [3.8, 4) is 17.4 Å². The number of H-pyrrole nitrogens is 1. The van der Waals surface area contributed by atoms with Gasteiger partial charge in [0.05, 0.1) is 5.69 Å². The van der Waals surface area contributed by atoms with Gasteiger partial charge in [-0.3, -0.25) is 14.6 Å². The van der Waals surface area contributed by atoms with Crippen LogP contribution in [0.5, 0.6) is 11.5 Å². The van der Waals surface area contributed by atoms with Crippen LogP contribution in [0.1, 0.15) is 24.7 Å². The van der Waals surface area contributed by atoms with Crippen molar-refractivity contribution in [2.45, 2.75) is 32.8 Å². The summed E-state index contributed by atoms with van der Waals surface area (Å²) >= 11 is 0. The molecule has 1 amide bonds. The van der Waals surface area contributed by atoms with Crippen molar-refractivity contribution < 1.29 is 14.3 Å². The van der Waals surface area contributed by atoms with Crippen LogP contribution in [0.3, 0.4) is 0 Å². The average molecular weight is 395 g/mol. The van der Waals surface area contributed by atoms with Crippen LogP contribution in [-0.4, -0.2) is 38.4 Å². The van der Waals surface area contributed by atoms with Gasteiger partial charge in [-0.25, -0.2) is 4.98 Å². The highest BCUT2D eigenvalue weighted by Gasteiger charge is 2.28. The molecule has 1 atom stereocenters. The quantitative estimate of drug-likeness (QED) is 0.684. The lowest BCUT2D eigenvalue weighted by molar-refractivity contribution is -0.125. The van der Waals surface area contributed by atoms with Crippen LogP contribution in [0.2, 0.25) is 0 Å². The number of nitrogens with zero attached hydrogens (tertiary/aromatic N) is 3. The van der Waals surface area contributed by atoms with E-state index < -0.39 is 6.10 Å². The van der Waals surface area contributed by atoms with Crippen LogP contribution in [-0.2, 0) is 11.2 Å². The van der Waals surface area contributed by atoms with E-state index in [1.807, 2.05) is 19.1 Å². The maximum atomic E-state index is 12.8.